The smallest absolute Gasteiger partial charge is 0.265 e. The second kappa shape index (κ2) is 7.14. The highest BCUT2D eigenvalue weighted by Crippen LogP contribution is 2.27. The van der Waals surface area contributed by atoms with Crippen LogP contribution in [-0.4, -0.2) is 49.5 Å². The maximum absolute atomic E-state index is 13.5. The van der Waals surface area contributed by atoms with E-state index >= 15 is 0 Å². The van der Waals surface area contributed by atoms with Gasteiger partial charge in [0, 0.05) is 13.2 Å². The number of fused-ring (bicyclic) bond motifs is 4. The molecule has 2 fully saturated rings. The molecule has 0 N–H and O–H groups in total. The van der Waals surface area contributed by atoms with Crippen LogP contribution in [0.5, 0.6) is 0 Å². The highest BCUT2D eigenvalue weighted by atomic mass is 16.5. The molecule has 0 radical (unpaired) electrons. The Morgan fingerprint density at radius 1 is 0.933 bits per heavy atom. The van der Waals surface area contributed by atoms with Crippen LogP contribution in [-0.2, 0) is 22.6 Å². The number of hydrogen-bond acceptors (Lipinski definition) is 6. The van der Waals surface area contributed by atoms with Crippen LogP contribution < -0.4 is 5.56 Å². The van der Waals surface area contributed by atoms with E-state index in [1.807, 2.05) is 28.8 Å². The van der Waals surface area contributed by atoms with Crippen molar-refractivity contribution >= 4 is 33.2 Å². The van der Waals surface area contributed by atoms with Gasteiger partial charge in [-0.15, -0.1) is 0 Å². The van der Waals surface area contributed by atoms with E-state index in [-0.39, 0.29) is 17.8 Å². The Bertz CT molecular complexity index is 1300. The third-order valence-electron chi connectivity index (χ3n) is 6.15. The van der Waals surface area contributed by atoms with Gasteiger partial charge in [-0.2, -0.15) is 0 Å². The standard InChI is InChI=1S/C22H23N5O3/c28-22-18-19-21(25-17-8-2-1-7-16(17)24-19)27(12-15-6-4-10-30-15)20(18)23-13-26(22)11-14-5-3-9-29-14/h1-2,7-8,13-15H,3-6,9-12H2/t14-,15-/m1/s1. The lowest BCUT2D eigenvalue weighted by Gasteiger charge is -2.13. The topological polar surface area (TPSA) is 84.1 Å². The van der Waals surface area contributed by atoms with E-state index in [9.17, 15) is 4.79 Å². The molecule has 2 saturated heterocycles. The molecular formula is C22H23N5O3. The first-order valence-corrected chi connectivity index (χ1v) is 10.7. The molecule has 6 rings (SSSR count). The van der Waals surface area contributed by atoms with Gasteiger partial charge in [0.15, 0.2) is 11.3 Å². The Morgan fingerprint density at radius 2 is 1.63 bits per heavy atom. The molecule has 3 aromatic heterocycles. The second-order valence-corrected chi connectivity index (χ2v) is 8.17. The third-order valence-corrected chi connectivity index (χ3v) is 6.15. The summed E-state index contributed by atoms with van der Waals surface area (Å²) in [6.45, 7) is 2.67. The molecule has 2 aliphatic rings. The summed E-state index contributed by atoms with van der Waals surface area (Å²) in [4.78, 5) is 27.8. The highest BCUT2D eigenvalue weighted by molar-refractivity contribution is 6.04. The summed E-state index contributed by atoms with van der Waals surface area (Å²) in [7, 11) is 0. The fraction of sp³-hybridized carbons (Fsp3) is 0.455. The first-order chi connectivity index (χ1) is 14.8. The molecule has 8 heteroatoms. The van der Waals surface area contributed by atoms with Crippen molar-refractivity contribution in [3.63, 3.8) is 0 Å². The average Bonchev–Trinajstić information content (AvgIpc) is 3.51. The SMILES string of the molecule is O=c1c2c3nc4ccccc4nc3n(C[C@H]3CCCO3)c2ncn1C[C@H]1CCCO1. The third kappa shape index (κ3) is 2.90. The van der Waals surface area contributed by atoms with Crippen LogP contribution in [0.15, 0.2) is 35.4 Å². The lowest BCUT2D eigenvalue weighted by Crippen LogP contribution is -2.27. The number of benzene rings is 1. The van der Waals surface area contributed by atoms with Crippen molar-refractivity contribution in [1.29, 1.82) is 0 Å². The van der Waals surface area contributed by atoms with E-state index in [0.29, 0.717) is 35.3 Å². The lowest BCUT2D eigenvalue weighted by molar-refractivity contribution is 0.0959. The number of nitrogens with zero attached hydrogens (tertiary/aromatic N) is 5. The molecule has 0 unspecified atom stereocenters. The fourth-order valence-electron chi connectivity index (χ4n) is 4.64. The summed E-state index contributed by atoms with van der Waals surface area (Å²) in [5, 5.41) is 0.529. The largest absolute Gasteiger partial charge is 0.376 e. The number of rotatable bonds is 4. The Balaban J connectivity index is 1.58. The zero-order valence-electron chi connectivity index (χ0n) is 16.7. The van der Waals surface area contributed by atoms with Gasteiger partial charge < -0.3 is 14.0 Å². The zero-order chi connectivity index (χ0) is 20.1. The van der Waals surface area contributed by atoms with Crippen molar-refractivity contribution < 1.29 is 9.47 Å². The highest BCUT2D eigenvalue weighted by Gasteiger charge is 2.25. The number of ether oxygens (including phenoxy) is 2. The van der Waals surface area contributed by atoms with E-state index < -0.39 is 0 Å². The van der Waals surface area contributed by atoms with Gasteiger partial charge in [0.1, 0.15) is 10.9 Å². The molecule has 0 aliphatic carbocycles. The van der Waals surface area contributed by atoms with Crippen LogP contribution in [0.4, 0.5) is 0 Å². The first kappa shape index (κ1) is 18.0. The van der Waals surface area contributed by atoms with Gasteiger partial charge in [-0.25, -0.2) is 15.0 Å². The normalized spacial score (nSPS) is 22.0. The van der Waals surface area contributed by atoms with Crippen molar-refractivity contribution in [1.82, 2.24) is 24.1 Å². The van der Waals surface area contributed by atoms with Crippen LogP contribution in [0.1, 0.15) is 25.7 Å². The molecule has 1 aromatic carbocycles. The minimum absolute atomic E-state index is 0.0640. The van der Waals surface area contributed by atoms with Crippen LogP contribution in [0.25, 0.3) is 33.2 Å². The zero-order valence-corrected chi connectivity index (χ0v) is 16.7. The summed E-state index contributed by atoms with van der Waals surface area (Å²) in [5.41, 5.74) is 3.43. The summed E-state index contributed by atoms with van der Waals surface area (Å²) in [6, 6.07) is 7.75. The Kier molecular flexibility index (Phi) is 4.28. The number of aromatic nitrogens is 5. The van der Waals surface area contributed by atoms with Crippen LogP contribution in [0.3, 0.4) is 0 Å². The molecule has 30 heavy (non-hydrogen) atoms. The molecule has 5 heterocycles. The summed E-state index contributed by atoms with van der Waals surface area (Å²) < 4.78 is 15.3. The van der Waals surface area contributed by atoms with E-state index in [1.165, 1.54) is 0 Å². The van der Waals surface area contributed by atoms with Gasteiger partial charge in [0.05, 0.1) is 42.7 Å². The van der Waals surface area contributed by atoms with Crippen LogP contribution in [0.2, 0.25) is 0 Å². The van der Waals surface area contributed by atoms with E-state index in [1.54, 1.807) is 10.9 Å². The van der Waals surface area contributed by atoms with Crippen molar-refractivity contribution in [3.8, 4) is 0 Å². The van der Waals surface area contributed by atoms with Crippen molar-refractivity contribution in [2.45, 2.75) is 51.0 Å². The minimum Gasteiger partial charge on any atom is -0.376 e. The predicted molar refractivity (Wildman–Crippen MR) is 113 cm³/mol. The van der Waals surface area contributed by atoms with E-state index in [4.69, 9.17) is 19.4 Å². The monoisotopic (exact) mass is 405 g/mol. The van der Waals surface area contributed by atoms with Crippen molar-refractivity contribution in [2.24, 2.45) is 0 Å². The first-order valence-electron chi connectivity index (χ1n) is 10.7. The van der Waals surface area contributed by atoms with Gasteiger partial charge in [-0.3, -0.25) is 9.36 Å². The Labute approximate surface area is 172 Å². The average molecular weight is 405 g/mol. The molecule has 0 amide bonds. The van der Waals surface area contributed by atoms with Gasteiger partial charge in [-0.05, 0) is 37.8 Å². The maximum atomic E-state index is 13.5. The molecule has 8 nitrogen and oxygen atoms in total. The fourth-order valence-corrected chi connectivity index (χ4v) is 4.64. The van der Waals surface area contributed by atoms with Crippen LogP contribution in [0, 0.1) is 0 Å². The molecule has 2 aliphatic heterocycles. The molecule has 0 saturated carbocycles. The Morgan fingerprint density at radius 3 is 2.33 bits per heavy atom. The quantitative estimate of drug-likeness (QED) is 0.519. The molecular weight excluding hydrogens is 382 g/mol. The van der Waals surface area contributed by atoms with Crippen molar-refractivity contribution in [2.75, 3.05) is 13.2 Å². The maximum Gasteiger partial charge on any atom is 0.265 e. The summed E-state index contributed by atoms with van der Waals surface area (Å²) >= 11 is 0. The summed E-state index contributed by atoms with van der Waals surface area (Å²) in [6.07, 6.45) is 5.86. The van der Waals surface area contributed by atoms with Crippen LogP contribution >= 0.6 is 0 Å². The molecule has 0 spiro atoms. The molecule has 0 bridgehead atoms. The molecule has 2 atom stereocenters. The minimum atomic E-state index is -0.0869. The van der Waals surface area contributed by atoms with Gasteiger partial charge in [-0.1, -0.05) is 12.1 Å². The number of para-hydroxylation sites is 2. The summed E-state index contributed by atoms with van der Waals surface area (Å²) in [5.74, 6) is 0. The second-order valence-electron chi connectivity index (χ2n) is 8.17. The van der Waals surface area contributed by atoms with Crippen molar-refractivity contribution in [3.05, 3.63) is 40.9 Å². The van der Waals surface area contributed by atoms with Gasteiger partial charge >= 0.3 is 0 Å². The van der Waals surface area contributed by atoms with Gasteiger partial charge in [0.2, 0.25) is 0 Å². The molecule has 4 aromatic rings. The lowest BCUT2D eigenvalue weighted by atomic mass is 10.2. The van der Waals surface area contributed by atoms with E-state index in [0.717, 1.165) is 49.9 Å². The Hall–Kier alpha value is -2.84. The molecule has 154 valence electrons. The van der Waals surface area contributed by atoms with E-state index in [2.05, 4.69) is 4.98 Å². The predicted octanol–water partition coefficient (Wildman–Crippen LogP) is 2.65. The van der Waals surface area contributed by atoms with Gasteiger partial charge in [0.25, 0.3) is 5.56 Å². The number of hydrogen-bond donors (Lipinski definition) is 0.